The molecule has 12 heteroatoms. The van der Waals surface area contributed by atoms with Gasteiger partial charge in [0.15, 0.2) is 18.1 Å². The van der Waals surface area contributed by atoms with E-state index in [2.05, 4.69) is 10.6 Å². The van der Waals surface area contributed by atoms with Crippen molar-refractivity contribution < 1.29 is 33.8 Å². The van der Waals surface area contributed by atoms with Gasteiger partial charge in [-0.05, 0) is 94.9 Å². The average Bonchev–Trinajstić information content (AvgIpc) is 2.88. The molecule has 0 atom stereocenters. The summed E-state index contributed by atoms with van der Waals surface area (Å²) in [6.45, 7) is -0.306. The lowest BCUT2D eigenvalue weighted by atomic mass is 10.1. The summed E-state index contributed by atoms with van der Waals surface area (Å²) in [7, 11) is 1.41. The van der Waals surface area contributed by atoms with Crippen LogP contribution in [0.5, 0.6) is 17.2 Å². The fourth-order valence-corrected chi connectivity index (χ4v) is 4.40. The Kier molecular flexibility index (Phi) is 8.17. The van der Waals surface area contributed by atoms with Gasteiger partial charge in [0.1, 0.15) is 11.3 Å². The number of imide groups is 2. The number of anilines is 2. The van der Waals surface area contributed by atoms with Crippen molar-refractivity contribution in [3.8, 4) is 17.2 Å². The quantitative estimate of drug-likeness (QED) is 0.197. The summed E-state index contributed by atoms with van der Waals surface area (Å²) < 4.78 is 11.6. The number of amides is 5. The van der Waals surface area contributed by atoms with Crippen molar-refractivity contribution in [1.29, 1.82) is 0 Å². The van der Waals surface area contributed by atoms with Gasteiger partial charge in [-0.25, -0.2) is 9.69 Å². The van der Waals surface area contributed by atoms with Crippen LogP contribution in [0.3, 0.4) is 0 Å². The van der Waals surface area contributed by atoms with E-state index in [1.165, 1.54) is 43.5 Å². The van der Waals surface area contributed by atoms with Gasteiger partial charge in [0.2, 0.25) is 0 Å². The van der Waals surface area contributed by atoms with Gasteiger partial charge in [0.05, 0.1) is 16.4 Å². The zero-order chi connectivity index (χ0) is 27.4. The van der Waals surface area contributed by atoms with E-state index in [0.29, 0.717) is 25.6 Å². The monoisotopic (exact) mass is 647 g/mol. The molecule has 1 aliphatic rings. The van der Waals surface area contributed by atoms with Gasteiger partial charge >= 0.3 is 6.03 Å². The maximum absolute atomic E-state index is 13.1. The first-order valence-corrected chi connectivity index (χ1v) is 12.4. The van der Waals surface area contributed by atoms with Crippen LogP contribution in [0.1, 0.15) is 5.56 Å². The highest BCUT2D eigenvalue weighted by Gasteiger charge is 2.36. The standard InChI is InChI=1S/C26H19ClIN3O7/c1-37-21-12-14(11-20(28)23(21)38-13-22(33)29-16-4-2-15(27)3-5-16)10-19-24(34)30-26(36)31(25(19)35)17-6-8-18(32)9-7-17/h2-12,32H,13H2,1H3,(H,29,33)(H,30,34,36)/b19-10+. The maximum Gasteiger partial charge on any atom is 0.335 e. The van der Waals surface area contributed by atoms with Crippen molar-refractivity contribution in [2.75, 3.05) is 23.9 Å². The number of aromatic hydroxyl groups is 1. The Morgan fingerprint density at radius 2 is 1.79 bits per heavy atom. The third-order valence-corrected chi connectivity index (χ3v) is 6.30. The molecule has 10 nitrogen and oxygen atoms in total. The summed E-state index contributed by atoms with van der Waals surface area (Å²) >= 11 is 7.83. The van der Waals surface area contributed by atoms with Crippen LogP contribution in [0.2, 0.25) is 5.02 Å². The minimum Gasteiger partial charge on any atom is -0.508 e. The summed E-state index contributed by atoms with van der Waals surface area (Å²) in [4.78, 5) is 51.1. The van der Waals surface area contributed by atoms with Crippen LogP contribution in [0.15, 0.2) is 66.2 Å². The number of nitrogens with one attached hydrogen (secondary N) is 2. The smallest absolute Gasteiger partial charge is 0.335 e. The minimum atomic E-state index is -0.907. The van der Waals surface area contributed by atoms with Gasteiger partial charge in [0.25, 0.3) is 17.7 Å². The molecule has 38 heavy (non-hydrogen) atoms. The Morgan fingerprint density at radius 1 is 1.11 bits per heavy atom. The third-order valence-electron chi connectivity index (χ3n) is 5.25. The molecule has 3 N–H and O–H groups in total. The fourth-order valence-electron chi connectivity index (χ4n) is 3.49. The minimum absolute atomic E-state index is 0.0445. The number of phenols is 1. The van der Waals surface area contributed by atoms with Crippen molar-refractivity contribution in [2.45, 2.75) is 0 Å². The number of urea groups is 1. The Hall–Kier alpha value is -4.10. The fraction of sp³-hybridized carbons (Fsp3) is 0.0769. The lowest BCUT2D eigenvalue weighted by Crippen LogP contribution is -2.54. The van der Waals surface area contributed by atoms with E-state index >= 15 is 0 Å². The molecule has 0 unspecified atom stereocenters. The molecular formula is C26H19ClIN3O7. The van der Waals surface area contributed by atoms with Crippen molar-refractivity contribution >= 4 is 75.4 Å². The summed E-state index contributed by atoms with van der Waals surface area (Å²) in [6.07, 6.45) is 1.32. The largest absolute Gasteiger partial charge is 0.508 e. The number of benzene rings is 3. The molecule has 0 saturated carbocycles. The number of carbonyl (C=O) groups excluding carboxylic acids is 4. The Bertz CT molecular complexity index is 1460. The number of halogens is 2. The molecule has 0 radical (unpaired) electrons. The van der Waals surface area contributed by atoms with Crippen LogP contribution in [-0.2, 0) is 14.4 Å². The van der Waals surface area contributed by atoms with Crippen LogP contribution in [0, 0.1) is 3.57 Å². The van der Waals surface area contributed by atoms with E-state index in [1.807, 2.05) is 22.6 Å². The van der Waals surface area contributed by atoms with Crippen molar-refractivity contribution in [1.82, 2.24) is 5.32 Å². The van der Waals surface area contributed by atoms with Crippen molar-refractivity contribution in [3.05, 3.63) is 80.4 Å². The topological polar surface area (TPSA) is 134 Å². The Morgan fingerprint density at radius 3 is 2.45 bits per heavy atom. The van der Waals surface area contributed by atoms with Gasteiger partial charge in [-0.1, -0.05) is 11.6 Å². The third kappa shape index (κ3) is 6.06. The van der Waals surface area contributed by atoms with Gasteiger partial charge in [-0.3, -0.25) is 19.7 Å². The summed E-state index contributed by atoms with van der Waals surface area (Å²) in [6, 6.07) is 14.3. The molecule has 194 valence electrons. The molecular weight excluding hydrogens is 629 g/mol. The number of rotatable bonds is 7. The van der Waals surface area contributed by atoms with E-state index in [9.17, 15) is 24.3 Å². The summed E-state index contributed by atoms with van der Waals surface area (Å²) in [5.41, 5.74) is 0.868. The molecule has 3 aromatic carbocycles. The average molecular weight is 648 g/mol. The van der Waals surface area contributed by atoms with Crippen molar-refractivity contribution in [2.24, 2.45) is 0 Å². The van der Waals surface area contributed by atoms with Crippen LogP contribution < -0.4 is 25.0 Å². The first kappa shape index (κ1) is 26.9. The second kappa shape index (κ2) is 11.5. The lowest BCUT2D eigenvalue weighted by molar-refractivity contribution is -0.122. The van der Waals surface area contributed by atoms with Gasteiger partial charge < -0.3 is 19.9 Å². The van der Waals surface area contributed by atoms with Crippen LogP contribution in [0.25, 0.3) is 6.08 Å². The van der Waals surface area contributed by atoms with Gasteiger partial charge in [0, 0.05) is 10.7 Å². The van der Waals surface area contributed by atoms with Crippen LogP contribution in [-0.4, -0.2) is 42.6 Å². The predicted octanol–water partition coefficient (Wildman–Crippen LogP) is 4.34. The van der Waals surface area contributed by atoms with E-state index < -0.39 is 23.8 Å². The van der Waals surface area contributed by atoms with Crippen molar-refractivity contribution in [3.63, 3.8) is 0 Å². The molecule has 3 aromatic rings. The van der Waals surface area contributed by atoms with Gasteiger partial charge in [-0.2, -0.15) is 0 Å². The molecule has 0 aliphatic carbocycles. The molecule has 0 spiro atoms. The molecule has 1 aliphatic heterocycles. The molecule has 1 saturated heterocycles. The lowest BCUT2D eigenvalue weighted by Gasteiger charge is -2.26. The van der Waals surface area contributed by atoms with Crippen LogP contribution >= 0.6 is 34.2 Å². The number of carbonyl (C=O) groups is 4. The molecule has 1 heterocycles. The highest BCUT2D eigenvalue weighted by Crippen LogP contribution is 2.35. The van der Waals surface area contributed by atoms with Gasteiger partial charge in [-0.15, -0.1) is 0 Å². The van der Waals surface area contributed by atoms with E-state index in [0.717, 1.165) is 4.90 Å². The number of barbiturate groups is 1. The molecule has 5 amide bonds. The summed E-state index contributed by atoms with van der Waals surface area (Å²) in [5.74, 6) is -1.59. The number of phenolic OH excluding ortho intramolecular Hbond substituents is 1. The van der Waals surface area contributed by atoms with Crippen LogP contribution in [0.4, 0.5) is 16.2 Å². The van der Waals surface area contributed by atoms with E-state index in [4.69, 9.17) is 21.1 Å². The zero-order valence-electron chi connectivity index (χ0n) is 19.7. The number of hydrogen-bond donors (Lipinski definition) is 3. The normalized spacial score (nSPS) is 14.3. The number of methoxy groups -OCH3 is 1. The first-order valence-electron chi connectivity index (χ1n) is 10.9. The number of ether oxygens (including phenoxy) is 2. The second-order valence-corrected chi connectivity index (χ2v) is 9.45. The second-order valence-electron chi connectivity index (χ2n) is 7.85. The number of nitrogens with zero attached hydrogens (tertiary/aromatic N) is 1. The first-order chi connectivity index (χ1) is 18.2. The highest BCUT2D eigenvalue weighted by atomic mass is 127. The SMILES string of the molecule is COc1cc(/C=C2\C(=O)NC(=O)N(c3ccc(O)cc3)C2=O)cc(I)c1OCC(=O)Nc1ccc(Cl)cc1. The molecule has 4 rings (SSSR count). The molecule has 0 aromatic heterocycles. The summed E-state index contributed by atoms with van der Waals surface area (Å²) in [5, 5.41) is 14.9. The maximum atomic E-state index is 13.1. The Labute approximate surface area is 235 Å². The highest BCUT2D eigenvalue weighted by molar-refractivity contribution is 14.1. The van der Waals surface area contributed by atoms with E-state index in [-0.39, 0.29) is 29.4 Å². The van der Waals surface area contributed by atoms with E-state index in [1.54, 1.807) is 30.3 Å². The molecule has 0 bridgehead atoms. The Balaban J connectivity index is 1.55. The molecule has 1 fully saturated rings. The number of hydrogen-bond acceptors (Lipinski definition) is 7. The predicted molar refractivity (Wildman–Crippen MR) is 148 cm³/mol. The zero-order valence-corrected chi connectivity index (χ0v) is 22.6.